The second kappa shape index (κ2) is 11.1. The van der Waals surface area contributed by atoms with Gasteiger partial charge in [-0.1, -0.05) is 6.07 Å². The maximum absolute atomic E-state index is 12.9. The minimum absolute atomic E-state index is 0.00502. The third-order valence-electron chi connectivity index (χ3n) is 6.16. The number of aromatic nitrogens is 1. The average molecular weight is 417 g/mol. The van der Waals surface area contributed by atoms with Gasteiger partial charge in [0.1, 0.15) is 0 Å². The minimum Gasteiger partial charge on any atom is -0.481 e. The van der Waals surface area contributed by atoms with E-state index in [1.165, 1.54) is 12.8 Å². The molecule has 0 bridgehead atoms. The normalized spacial score (nSPS) is 21.3. The highest BCUT2D eigenvalue weighted by Gasteiger charge is 2.31. The highest BCUT2D eigenvalue weighted by molar-refractivity contribution is 5.86. The Balaban J connectivity index is 1.52. The predicted molar refractivity (Wildman–Crippen MR) is 112 cm³/mol. The lowest BCUT2D eigenvalue weighted by Gasteiger charge is -2.33. The number of carbonyl (C=O) groups excluding carboxylic acids is 2. The number of nitrogens with zero attached hydrogens (tertiary/aromatic N) is 2. The molecule has 2 amide bonds. The molecule has 3 N–H and O–H groups in total. The van der Waals surface area contributed by atoms with Gasteiger partial charge in [0.2, 0.25) is 11.8 Å². The predicted octanol–water partition coefficient (Wildman–Crippen LogP) is 1.73. The van der Waals surface area contributed by atoms with Crippen LogP contribution in [0.4, 0.5) is 0 Å². The number of piperidine rings is 2. The molecule has 2 fully saturated rings. The van der Waals surface area contributed by atoms with Crippen LogP contribution in [-0.2, 0) is 14.4 Å². The molecule has 1 aromatic heterocycles. The first-order valence-electron chi connectivity index (χ1n) is 10.9. The second-order valence-electron chi connectivity index (χ2n) is 8.37. The lowest BCUT2D eigenvalue weighted by Crippen LogP contribution is -2.47. The van der Waals surface area contributed by atoms with E-state index in [0.717, 1.165) is 38.8 Å². The Kier molecular flexibility index (Phi) is 8.19. The van der Waals surface area contributed by atoms with E-state index in [-0.39, 0.29) is 30.7 Å². The zero-order valence-corrected chi connectivity index (χ0v) is 17.4. The maximum atomic E-state index is 12.9. The van der Waals surface area contributed by atoms with Crippen LogP contribution in [0.5, 0.6) is 0 Å². The molecule has 164 valence electrons. The van der Waals surface area contributed by atoms with Gasteiger partial charge in [-0.05, 0) is 69.2 Å². The third kappa shape index (κ3) is 6.52. The van der Waals surface area contributed by atoms with Crippen molar-refractivity contribution < 1.29 is 19.5 Å². The fourth-order valence-corrected chi connectivity index (χ4v) is 4.47. The largest absolute Gasteiger partial charge is 0.481 e. The minimum atomic E-state index is -1.00. The Morgan fingerprint density at radius 3 is 2.77 bits per heavy atom. The van der Waals surface area contributed by atoms with Gasteiger partial charge in [0.25, 0.3) is 0 Å². The Hall–Kier alpha value is -2.48. The van der Waals surface area contributed by atoms with Crippen molar-refractivity contribution in [2.24, 2.45) is 11.8 Å². The van der Waals surface area contributed by atoms with Crippen molar-refractivity contribution in [3.63, 3.8) is 0 Å². The topological polar surface area (TPSA) is 112 Å². The summed E-state index contributed by atoms with van der Waals surface area (Å²) in [5.41, 5.74) is 0.637. The molecule has 0 aliphatic carbocycles. The lowest BCUT2D eigenvalue weighted by atomic mass is 9.86. The number of hydrogen-bond donors (Lipinski definition) is 3. The van der Waals surface area contributed by atoms with Gasteiger partial charge >= 0.3 is 5.97 Å². The molecule has 30 heavy (non-hydrogen) atoms. The summed E-state index contributed by atoms with van der Waals surface area (Å²) in [5, 5.41) is 15.3. The van der Waals surface area contributed by atoms with Gasteiger partial charge < -0.3 is 20.6 Å². The van der Waals surface area contributed by atoms with E-state index in [0.29, 0.717) is 18.0 Å². The van der Waals surface area contributed by atoms with Crippen molar-refractivity contribution in [1.29, 1.82) is 0 Å². The van der Waals surface area contributed by atoms with Crippen LogP contribution in [0.2, 0.25) is 0 Å². The summed E-state index contributed by atoms with van der Waals surface area (Å²) in [7, 11) is 0. The first-order valence-corrected chi connectivity index (χ1v) is 10.9. The van der Waals surface area contributed by atoms with Gasteiger partial charge in [0.05, 0.1) is 19.0 Å². The molecule has 0 unspecified atom stereocenters. The fraction of sp³-hybridized carbons (Fsp3) is 0.636. The summed E-state index contributed by atoms with van der Waals surface area (Å²) in [6.07, 6.45) is 9.01. The first-order chi connectivity index (χ1) is 14.5. The standard InChI is InChI=1S/C22H32N4O4/c27-20(25-19(13-21(28)29)18-3-1-9-24-14-18)15-26-12-2-4-17(22(26)30)6-5-16-7-10-23-11-8-16/h1,3,9,14,16-17,19,23H,2,4-8,10-13,15H2,(H,25,27)(H,28,29)/t17-,19-/m0/s1. The van der Waals surface area contributed by atoms with Crippen LogP contribution < -0.4 is 10.6 Å². The monoisotopic (exact) mass is 416 g/mol. The van der Waals surface area contributed by atoms with Crippen molar-refractivity contribution in [1.82, 2.24) is 20.5 Å². The van der Waals surface area contributed by atoms with Crippen LogP contribution in [0.3, 0.4) is 0 Å². The molecule has 3 heterocycles. The van der Waals surface area contributed by atoms with Gasteiger partial charge in [-0.15, -0.1) is 0 Å². The lowest BCUT2D eigenvalue weighted by molar-refractivity contribution is -0.143. The number of likely N-dealkylation sites (tertiary alicyclic amines) is 1. The van der Waals surface area contributed by atoms with Gasteiger partial charge in [-0.25, -0.2) is 0 Å². The number of amides is 2. The molecule has 0 saturated carbocycles. The molecular formula is C22H32N4O4. The van der Waals surface area contributed by atoms with E-state index in [4.69, 9.17) is 0 Å². The summed E-state index contributed by atoms with van der Waals surface area (Å²) in [6.45, 7) is 2.67. The fourth-order valence-electron chi connectivity index (χ4n) is 4.47. The van der Waals surface area contributed by atoms with Crippen LogP contribution in [0.25, 0.3) is 0 Å². The Bertz CT molecular complexity index is 721. The number of hydrogen-bond acceptors (Lipinski definition) is 5. The highest BCUT2D eigenvalue weighted by atomic mass is 16.4. The molecular weight excluding hydrogens is 384 g/mol. The number of carboxylic acids is 1. The van der Waals surface area contributed by atoms with E-state index in [1.807, 2.05) is 0 Å². The maximum Gasteiger partial charge on any atom is 0.305 e. The second-order valence-corrected chi connectivity index (χ2v) is 8.37. The number of aliphatic carboxylic acids is 1. The number of nitrogens with one attached hydrogen (secondary N) is 2. The summed E-state index contributed by atoms with van der Waals surface area (Å²) < 4.78 is 0. The number of carboxylic acid groups (broad SMARTS) is 1. The summed E-state index contributed by atoms with van der Waals surface area (Å²) in [6, 6.07) is 2.78. The van der Waals surface area contributed by atoms with Crippen molar-refractivity contribution in [2.45, 2.75) is 51.0 Å². The molecule has 2 saturated heterocycles. The average Bonchev–Trinajstić information content (AvgIpc) is 2.75. The van der Waals surface area contributed by atoms with Gasteiger partial charge in [-0.2, -0.15) is 0 Å². The van der Waals surface area contributed by atoms with E-state index < -0.39 is 12.0 Å². The molecule has 8 nitrogen and oxygen atoms in total. The zero-order chi connectivity index (χ0) is 21.3. The number of carbonyl (C=O) groups is 3. The van der Waals surface area contributed by atoms with E-state index in [2.05, 4.69) is 15.6 Å². The van der Waals surface area contributed by atoms with Crippen LogP contribution in [-0.4, -0.2) is 59.0 Å². The Morgan fingerprint density at radius 2 is 2.07 bits per heavy atom. The van der Waals surface area contributed by atoms with Gasteiger partial charge in [0, 0.05) is 24.9 Å². The molecule has 2 aliphatic heterocycles. The molecule has 1 aromatic rings. The van der Waals surface area contributed by atoms with Crippen molar-refractivity contribution >= 4 is 17.8 Å². The molecule has 0 spiro atoms. The SMILES string of the molecule is O=C(O)C[C@H](NC(=O)CN1CCC[C@@H](CCC2CCNCC2)C1=O)c1cccnc1. The van der Waals surface area contributed by atoms with E-state index in [9.17, 15) is 19.5 Å². The van der Waals surface area contributed by atoms with Crippen LogP contribution in [0.1, 0.15) is 56.6 Å². The van der Waals surface area contributed by atoms with Crippen LogP contribution in [0.15, 0.2) is 24.5 Å². The van der Waals surface area contributed by atoms with Crippen molar-refractivity contribution in [3.05, 3.63) is 30.1 Å². The van der Waals surface area contributed by atoms with Crippen molar-refractivity contribution in [3.8, 4) is 0 Å². The highest BCUT2D eigenvalue weighted by Crippen LogP contribution is 2.27. The van der Waals surface area contributed by atoms with Gasteiger partial charge in [0.15, 0.2) is 0 Å². The Labute approximate surface area is 177 Å². The van der Waals surface area contributed by atoms with Gasteiger partial charge in [-0.3, -0.25) is 19.4 Å². The molecule has 0 radical (unpaired) electrons. The first kappa shape index (κ1) is 22.2. The summed E-state index contributed by atoms with van der Waals surface area (Å²) >= 11 is 0. The molecule has 8 heteroatoms. The van der Waals surface area contributed by atoms with Crippen LogP contribution >= 0.6 is 0 Å². The Morgan fingerprint density at radius 1 is 1.27 bits per heavy atom. The van der Waals surface area contributed by atoms with Crippen LogP contribution in [0, 0.1) is 11.8 Å². The van der Waals surface area contributed by atoms with E-state index in [1.54, 1.807) is 29.4 Å². The smallest absolute Gasteiger partial charge is 0.305 e. The number of pyridine rings is 1. The molecule has 2 atom stereocenters. The third-order valence-corrected chi connectivity index (χ3v) is 6.16. The van der Waals surface area contributed by atoms with Crippen molar-refractivity contribution in [2.75, 3.05) is 26.2 Å². The molecule has 0 aromatic carbocycles. The zero-order valence-electron chi connectivity index (χ0n) is 17.4. The number of rotatable bonds is 9. The molecule has 2 aliphatic rings. The van der Waals surface area contributed by atoms with E-state index >= 15 is 0 Å². The summed E-state index contributed by atoms with van der Waals surface area (Å²) in [5.74, 6) is -0.598. The summed E-state index contributed by atoms with van der Waals surface area (Å²) in [4.78, 5) is 42.4. The quantitative estimate of drug-likeness (QED) is 0.565. The molecule has 3 rings (SSSR count).